The maximum atomic E-state index is 13.7. The molecule has 1 aliphatic carbocycles. The van der Waals surface area contributed by atoms with Crippen LogP contribution in [0.4, 0.5) is 0 Å². The van der Waals surface area contributed by atoms with E-state index in [4.69, 9.17) is 0 Å². The van der Waals surface area contributed by atoms with Gasteiger partial charge < -0.3 is 15.3 Å². The van der Waals surface area contributed by atoms with Crippen molar-refractivity contribution in [2.75, 3.05) is 13.6 Å². The van der Waals surface area contributed by atoms with E-state index in [-0.39, 0.29) is 35.4 Å². The molecule has 3 atom stereocenters. The molecular formula is C26H45N3O4. The summed E-state index contributed by atoms with van der Waals surface area (Å²) in [6, 6.07) is -0.774. The number of carbonyl (C=O) groups excluding carboxylic acids is 2. The third kappa shape index (κ3) is 7.05. The van der Waals surface area contributed by atoms with Gasteiger partial charge in [0.2, 0.25) is 11.8 Å². The zero-order valence-corrected chi connectivity index (χ0v) is 21.7. The second kappa shape index (κ2) is 11.5. The zero-order chi connectivity index (χ0) is 24.9. The Morgan fingerprint density at radius 1 is 1.06 bits per heavy atom. The standard InChI is InChI=1S/C26H45N3O4/c1-17(2)21(16-18(3)25(32)33)28(7)24(31)22(26(4,5)6)27-23(30)20-14-10-11-15-29(20)19-12-8-9-13-19/h16-17,19-22H,8-15H2,1-7H3,(H,27,30)(H,32,33)/t20-,21-,22-/m1/s1. The smallest absolute Gasteiger partial charge is 0.331 e. The first-order valence-corrected chi connectivity index (χ1v) is 12.6. The molecule has 33 heavy (non-hydrogen) atoms. The molecule has 0 aromatic rings. The Kier molecular flexibility index (Phi) is 9.53. The number of nitrogens with one attached hydrogen (secondary N) is 1. The summed E-state index contributed by atoms with van der Waals surface area (Å²) in [6.45, 7) is 12.3. The van der Waals surface area contributed by atoms with Gasteiger partial charge in [-0.05, 0) is 50.5 Å². The van der Waals surface area contributed by atoms with Crippen molar-refractivity contribution in [1.82, 2.24) is 15.1 Å². The van der Waals surface area contributed by atoms with Gasteiger partial charge in [0.1, 0.15) is 6.04 Å². The molecule has 0 radical (unpaired) electrons. The molecule has 0 spiro atoms. The molecule has 1 saturated carbocycles. The number of likely N-dealkylation sites (N-methyl/N-ethyl adjacent to an activating group) is 1. The number of hydrogen-bond donors (Lipinski definition) is 2. The van der Waals surface area contributed by atoms with Crippen molar-refractivity contribution in [2.24, 2.45) is 11.3 Å². The van der Waals surface area contributed by atoms with Crippen molar-refractivity contribution < 1.29 is 19.5 Å². The summed E-state index contributed by atoms with van der Waals surface area (Å²) in [5.74, 6) is -1.21. The number of amides is 2. The van der Waals surface area contributed by atoms with Crippen LogP contribution in [0.3, 0.4) is 0 Å². The molecule has 2 N–H and O–H groups in total. The molecule has 2 rings (SSSR count). The van der Waals surface area contributed by atoms with Gasteiger partial charge in [-0.25, -0.2) is 4.79 Å². The summed E-state index contributed by atoms with van der Waals surface area (Å²) in [6.07, 6.45) is 9.37. The molecule has 2 amide bonds. The van der Waals surface area contributed by atoms with Gasteiger partial charge in [-0.1, -0.05) is 60.0 Å². The fourth-order valence-corrected chi connectivity index (χ4v) is 5.22. The summed E-state index contributed by atoms with van der Waals surface area (Å²) in [5, 5.41) is 12.4. The van der Waals surface area contributed by atoms with E-state index in [1.54, 1.807) is 24.9 Å². The predicted molar refractivity (Wildman–Crippen MR) is 131 cm³/mol. The van der Waals surface area contributed by atoms with E-state index < -0.39 is 17.4 Å². The lowest BCUT2D eigenvalue weighted by Crippen LogP contribution is -2.60. The second-order valence-electron chi connectivity index (χ2n) is 11.3. The molecule has 2 fully saturated rings. The minimum atomic E-state index is -0.994. The number of nitrogens with zero attached hydrogens (tertiary/aromatic N) is 2. The second-order valence-corrected chi connectivity index (χ2v) is 11.3. The first kappa shape index (κ1) is 27.4. The average molecular weight is 464 g/mol. The molecule has 7 nitrogen and oxygen atoms in total. The summed E-state index contributed by atoms with van der Waals surface area (Å²) in [5.41, 5.74) is -0.278. The number of hydrogen-bond acceptors (Lipinski definition) is 4. The van der Waals surface area contributed by atoms with Crippen LogP contribution in [-0.2, 0) is 14.4 Å². The van der Waals surface area contributed by atoms with Crippen LogP contribution in [-0.4, -0.2) is 70.4 Å². The van der Waals surface area contributed by atoms with Gasteiger partial charge in [-0.2, -0.15) is 0 Å². The van der Waals surface area contributed by atoms with Crippen LogP contribution in [0.25, 0.3) is 0 Å². The van der Waals surface area contributed by atoms with Gasteiger partial charge in [0.25, 0.3) is 0 Å². The largest absolute Gasteiger partial charge is 0.478 e. The number of carboxylic acid groups (broad SMARTS) is 1. The van der Waals surface area contributed by atoms with Crippen LogP contribution in [0.2, 0.25) is 0 Å². The Morgan fingerprint density at radius 3 is 2.15 bits per heavy atom. The van der Waals surface area contributed by atoms with Crippen LogP contribution >= 0.6 is 0 Å². The number of rotatable bonds is 8. The fraction of sp³-hybridized carbons (Fsp3) is 0.808. The summed E-state index contributed by atoms with van der Waals surface area (Å²) in [7, 11) is 1.70. The van der Waals surface area contributed by atoms with Crippen molar-refractivity contribution in [3.05, 3.63) is 11.6 Å². The molecule has 1 saturated heterocycles. The molecule has 0 aromatic heterocycles. The van der Waals surface area contributed by atoms with Crippen LogP contribution in [0.15, 0.2) is 11.6 Å². The Hall–Kier alpha value is -1.89. The predicted octanol–water partition coefficient (Wildman–Crippen LogP) is 3.83. The lowest BCUT2D eigenvalue weighted by atomic mass is 9.84. The van der Waals surface area contributed by atoms with E-state index in [0.717, 1.165) is 38.6 Å². The first-order valence-electron chi connectivity index (χ1n) is 12.6. The van der Waals surface area contributed by atoms with Crippen molar-refractivity contribution in [2.45, 2.75) is 111 Å². The maximum absolute atomic E-state index is 13.7. The molecule has 188 valence electrons. The number of piperidine rings is 1. The van der Waals surface area contributed by atoms with E-state index in [1.807, 2.05) is 34.6 Å². The highest BCUT2D eigenvalue weighted by Gasteiger charge is 2.40. The van der Waals surface area contributed by atoms with Crippen LogP contribution in [0.1, 0.15) is 86.5 Å². The van der Waals surface area contributed by atoms with Gasteiger partial charge in [-0.3, -0.25) is 14.5 Å². The fourth-order valence-electron chi connectivity index (χ4n) is 5.22. The highest BCUT2D eigenvalue weighted by atomic mass is 16.4. The number of carboxylic acids is 1. The van der Waals surface area contributed by atoms with Gasteiger partial charge in [0, 0.05) is 18.7 Å². The SMILES string of the molecule is CC(=C[C@H](C(C)C)N(C)C(=O)[C@@H](NC(=O)[C@H]1CCCCN1C1CCCC1)C(C)(C)C)C(=O)O. The van der Waals surface area contributed by atoms with Crippen molar-refractivity contribution in [3.63, 3.8) is 0 Å². The molecular weight excluding hydrogens is 418 g/mol. The van der Waals surface area contributed by atoms with Gasteiger partial charge in [-0.15, -0.1) is 0 Å². The van der Waals surface area contributed by atoms with Crippen molar-refractivity contribution in [3.8, 4) is 0 Å². The minimum absolute atomic E-state index is 0.0285. The number of likely N-dealkylation sites (tertiary alicyclic amines) is 1. The molecule has 0 bridgehead atoms. The summed E-state index contributed by atoms with van der Waals surface area (Å²) < 4.78 is 0. The van der Waals surface area contributed by atoms with Crippen LogP contribution < -0.4 is 5.32 Å². The Balaban J connectivity index is 2.23. The van der Waals surface area contributed by atoms with Crippen molar-refractivity contribution >= 4 is 17.8 Å². The number of aliphatic carboxylic acids is 1. The minimum Gasteiger partial charge on any atom is -0.478 e. The molecule has 0 unspecified atom stereocenters. The van der Waals surface area contributed by atoms with E-state index in [1.165, 1.54) is 12.8 Å². The molecule has 1 heterocycles. The molecule has 0 aromatic carbocycles. The Labute approximate surface area is 200 Å². The van der Waals surface area contributed by atoms with Crippen LogP contribution in [0, 0.1) is 11.3 Å². The quantitative estimate of drug-likeness (QED) is 0.534. The third-order valence-corrected chi connectivity index (χ3v) is 7.28. The topological polar surface area (TPSA) is 90.0 Å². The van der Waals surface area contributed by atoms with E-state index in [9.17, 15) is 19.5 Å². The Bertz CT molecular complexity index is 734. The Morgan fingerprint density at radius 2 is 1.64 bits per heavy atom. The molecule has 7 heteroatoms. The normalized spacial score (nSPS) is 22.8. The highest BCUT2D eigenvalue weighted by Crippen LogP contribution is 2.30. The zero-order valence-electron chi connectivity index (χ0n) is 21.7. The first-order chi connectivity index (χ1) is 15.3. The summed E-state index contributed by atoms with van der Waals surface area (Å²) in [4.78, 5) is 42.5. The maximum Gasteiger partial charge on any atom is 0.331 e. The lowest BCUT2D eigenvalue weighted by molar-refractivity contribution is -0.142. The molecule has 1 aliphatic heterocycles. The lowest BCUT2D eigenvalue weighted by Gasteiger charge is -2.41. The molecule has 2 aliphatic rings. The van der Waals surface area contributed by atoms with Crippen LogP contribution in [0.5, 0.6) is 0 Å². The van der Waals surface area contributed by atoms with E-state index in [0.29, 0.717) is 6.04 Å². The monoisotopic (exact) mass is 463 g/mol. The van der Waals surface area contributed by atoms with Gasteiger partial charge >= 0.3 is 5.97 Å². The van der Waals surface area contributed by atoms with Gasteiger partial charge in [0.15, 0.2) is 0 Å². The average Bonchev–Trinajstić information content (AvgIpc) is 3.28. The number of carbonyl (C=O) groups is 3. The van der Waals surface area contributed by atoms with E-state index >= 15 is 0 Å². The highest BCUT2D eigenvalue weighted by molar-refractivity contribution is 5.91. The van der Waals surface area contributed by atoms with Crippen molar-refractivity contribution in [1.29, 1.82) is 0 Å². The summed E-state index contributed by atoms with van der Waals surface area (Å²) >= 11 is 0. The third-order valence-electron chi connectivity index (χ3n) is 7.28. The van der Waals surface area contributed by atoms with E-state index in [2.05, 4.69) is 10.2 Å². The van der Waals surface area contributed by atoms with Gasteiger partial charge in [0.05, 0.1) is 12.1 Å².